The van der Waals surface area contributed by atoms with Crippen molar-refractivity contribution in [1.82, 2.24) is 0 Å². The van der Waals surface area contributed by atoms with Gasteiger partial charge in [0.1, 0.15) is 0 Å². The Bertz CT molecular complexity index is 618. The number of nitrogens with zero attached hydrogens (tertiary/aromatic N) is 2. The van der Waals surface area contributed by atoms with Crippen LogP contribution in [0.2, 0.25) is 0 Å². The van der Waals surface area contributed by atoms with Gasteiger partial charge in [-0.3, -0.25) is 4.99 Å². The first-order valence-corrected chi connectivity index (χ1v) is 8.31. The van der Waals surface area contributed by atoms with E-state index in [0.717, 1.165) is 42.4 Å². The second-order valence-electron chi connectivity index (χ2n) is 5.56. The average molecular weight is 309 g/mol. The summed E-state index contributed by atoms with van der Waals surface area (Å²) in [7, 11) is 0. The van der Waals surface area contributed by atoms with E-state index in [9.17, 15) is 0 Å². The highest BCUT2D eigenvalue weighted by Crippen LogP contribution is 2.22. The topological polar surface area (TPSA) is 62.2 Å². The van der Waals surface area contributed by atoms with E-state index < -0.39 is 0 Å². The van der Waals surface area contributed by atoms with Gasteiger partial charge in [0.2, 0.25) is 0 Å². The Morgan fingerprint density at radius 2 is 2.13 bits per heavy atom. The van der Waals surface area contributed by atoms with E-state index in [-0.39, 0.29) is 0 Å². The third-order valence-corrected chi connectivity index (χ3v) is 3.65. The van der Waals surface area contributed by atoms with E-state index in [0.29, 0.717) is 17.8 Å². The lowest BCUT2D eigenvalue weighted by Gasteiger charge is -2.09. The molecule has 0 aliphatic heterocycles. The quantitative estimate of drug-likeness (QED) is 0.534. The minimum atomic E-state index is 0.482. The maximum atomic E-state index is 9.05. The molecule has 0 fully saturated rings. The highest BCUT2D eigenvalue weighted by Gasteiger charge is 2.06. The van der Waals surface area contributed by atoms with E-state index in [1.165, 1.54) is 6.42 Å². The predicted molar refractivity (Wildman–Crippen MR) is 99.3 cm³/mol. The van der Waals surface area contributed by atoms with Crippen LogP contribution >= 0.6 is 0 Å². The van der Waals surface area contributed by atoms with Crippen LogP contribution in [-0.4, -0.2) is 12.8 Å². The second-order valence-corrected chi connectivity index (χ2v) is 5.56. The monoisotopic (exact) mass is 309 g/mol. The molecule has 0 bridgehead atoms. The van der Waals surface area contributed by atoms with Crippen molar-refractivity contribution in [2.45, 2.75) is 46.0 Å². The Labute approximate surface area is 140 Å². The molecular formula is C20H27N3. The molecule has 0 aliphatic carbocycles. The Balaban J connectivity index is 2.94. The fourth-order valence-corrected chi connectivity index (χ4v) is 2.33. The molecule has 0 atom stereocenters. The Morgan fingerprint density at radius 1 is 1.35 bits per heavy atom. The molecule has 1 aromatic carbocycles. The van der Waals surface area contributed by atoms with Crippen molar-refractivity contribution in [2.24, 2.45) is 10.7 Å². The lowest BCUT2D eigenvalue weighted by atomic mass is 9.99. The fraction of sp³-hybridized carbons (Fsp3) is 0.400. The van der Waals surface area contributed by atoms with Gasteiger partial charge in [0.15, 0.2) is 0 Å². The van der Waals surface area contributed by atoms with Crippen LogP contribution in [0.4, 0.5) is 0 Å². The van der Waals surface area contributed by atoms with Gasteiger partial charge in [0, 0.05) is 18.3 Å². The van der Waals surface area contributed by atoms with Crippen LogP contribution in [0, 0.1) is 11.3 Å². The molecular weight excluding hydrogens is 282 g/mol. The smallest absolute Gasteiger partial charge is 0.0991 e. The first kappa shape index (κ1) is 18.9. The molecule has 0 saturated carbocycles. The maximum absolute atomic E-state index is 9.05. The maximum Gasteiger partial charge on any atom is 0.0991 e. The Morgan fingerprint density at radius 3 is 2.74 bits per heavy atom. The van der Waals surface area contributed by atoms with Crippen molar-refractivity contribution >= 4 is 11.9 Å². The Kier molecular flexibility index (Phi) is 8.64. The van der Waals surface area contributed by atoms with E-state index in [1.54, 1.807) is 0 Å². The van der Waals surface area contributed by atoms with Gasteiger partial charge >= 0.3 is 0 Å². The van der Waals surface area contributed by atoms with Crippen LogP contribution in [0.5, 0.6) is 0 Å². The summed E-state index contributed by atoms with van der Waals surface area (Å²) in [5, 5.41) is 9.05. The van der Waals surface area contributed by atoms with Gasteiger partial charge in [-0.1, -0.05) is 51.8 Å². The molecule has 1 aromatic rings. The lowest BCUT2D eigenvalue weighted by molar-refractivity contribution is 0.812. The summed E-state index contributed by atoms with van der Waals surface area (Å²) < 4.78 is 0. The number of benzene rings is 1. The predicted octanol–water partition coefficient (Wildman–Crippen LogP) is 4.63. The molecule has 23 heavy (non-hydrogen) atoms. The highest BCUT2D eigenvalue weighted by atomic mass is 14.7. The van der Waals surface area contributed by atoms with E-state index >= 15 is 0 Å². The molecule has 0 unspecified atom stereocenters. The first-order valence-electron chi connectivity index (χ1n) is 8.31. The van der Waals surface area contributed by atoms with Gasteiger partial charge in [-0.15, -0.1) is 0 Å². The molecule has 3 nitrogen and oxygen atoms in total. The minimum Gasteiger partial charge on any atom is -0.326 e. The van der Waals surface area contributed by atoms with Gasteiger partial charge in [-0.05, 0) is 36.1 Å². The van der Waals surface area contributed by atoms with E-state index in [2.05, 4.69) is 37.6 Å². The largest absolute Gasteiger partial charge is 0.326 e. The zero-order valence-electron chi connectivity index (χ0n) is 14.3. The second kappa shape index (κ2) is 10.5. The van der Waals surface area contributed by atoms with Crippen LogP contribution in [-0.2, 0) is 6.42 Å². The number of unbranched alkanes of at least 4 members (excludes halogenated alkanes) is 2. The number of hydrogen-bond donors (Lipinski definition) is 1. The zero-order valence-corrected chi connectivity index (χ0v) is 14.3. The SMILES string of the molecule is C=C(/N=C\C(=C/CCCC)CN)c1ccc(C#N)cc1CCC. The summed E-state index contributed by atoms with van der Waals surface area (Å²) >= 11 is 0. The normalized spacial score (nSPS) is 11.7. The molecule has 0 heterocycles. The fourth-order valence-electron chi connectivity index (χ4n) is 2.33. The molecule has 0 aromatic heterocycles. The third-order valence-electron chi connectivity index (χ3n) is 3.65. The zero-order chi connectivity index (χ0) is 17.1. The van der Waals surface area contributed by atoms with Crippen LogP contribution in [0.3, 0.4) is 0 Å². The summed E-state index contributed by atoms with van der Waals surface area (Å²) in [6, 6.07) is 7.87. The van der Waals surface area contributed by atoms with Crippen LogP contribution in [0.25, 0.3) is 5.70 Å². The van der Waals surface area contributed by atoms with Crippen molar-refractivity contribution in [1.29, 1.82) is 5.26 Å². The van der Waals surface area contributed by atoms with Crippen LogP contribution in [0.1, 0.15) is 56.2 Å². The van der Waals surface area contributed by atoms with Crippen molar-refractivity contribution in [3.63, 3.8) is 0 Å². The molecule has 0 spiro atoms. The molecule has 0 saturated heterocycles. The summed E-state index contributed by atoms with van der Waals surface area (Å²) in [6.07, 6.45) is 9.25. The van der Waals surface area contributed by atoms with E-state index in [1.807, 2.05) is 24.4 Å². The number of hydrogen-bond acceptors (Lipinski definition) is 3. The number of rotatable bonds is 9. The van der Waals surface area contributed by atoms with Crippen molar-refractivity contribution in [2.75, 3.05) is 6.54 Å². The third kappa shape index (κ3) is 6.22. The lowest BCUT2D eigenvalue weighted by Crippen LogP contribution is -2.04. The molecule has 0 aliphatic rings. The van der Waals surface area contributed by atoms with Crippen molar-refractivity contribution in [3.8, 4) is 6.07 Å². The number of aliphatic imine (C=N–C) groups is 1. The summed E-state index contributed by atoms with van der Waals surface area (Å²) in [6.45, 7) is 8.85. The van der Waals surface area contributed by atoms with Crippen molar-refractivity contribution < 1.29 is 0 Å². The standard InChI is InChI=1S/C20H27N3/c1-4-6-7-9-18(14-22)15-23-16(3)20-11-10-17(13-21)12-19(20)8-5-2/h9-12,15H,3-8,14,22H2,1-2H3/b18-9-,23-15-. The van der Waals surface area contributed by atoms with Gasteiger partial charge in [0.25, 0.3) is 0 Å². The highest BCUT2D eigenvalue weighted by molar-refractivity contribution is 5.85. The van der Waals surface area contributed by atoms with Gasteiger partial charge < -0.3 is 5.73 Å². The number of allylic oxidation sites excluding steroid dienone is 1. The van der Waals surface area contributed by atoms with Crippen LogP contribution in [0.15, 0.2) is 41.4 Å². The number of nitriles is 1. The average Bonchev–Trinajstić information content (AvgIpc) is 2.57. The van der Waals surface area contributed by atoms with Crippen LogP contribution < -0.4 is 5.73 Å². The molecule has 0 amide bonds. The summed E-state index contributed by atoms with van der Waals surface area (Å²) in [5.41, 5.74) is 10.3. The summed E-state index contributed by atoms with van der Waals surface area (Å²) in [4.78, 5) is 4.49. The van der Waals surface area contributed by atoms with Crippen molar-refractivity contribution in [3.05, 3.63) is 53.1 Å². The molecule has 3 heteroatoms. The van der Waals surface area contributed by atoms with Gasteiger partial charge in [0.05, 0.1) is 17.3 Å². The van der Waals surface area contributed by atoms with E-state index in [4.69, 9.17) is 11.0 Å². The molecule has 1 rings (SSSR count). The Hall–Kier alpha value is -2.18. The van der Waals surface area contributed by atoms with Gasteiger partial charge in [-0.2, -0.15) is 5.26 Å². The number of aryl methyl sites for hydroxylation is 1. The first-order chi connectivity index (χ1) is 11.2. The minimum absolute atomic E-state index is 0.482. The molecule has 122 valence electrons. The number of nitrogens with two attached hydrogens (primary N) is 1. The summed E-state index contributed by atoms with van der Waals surface area (Å²) in [5.74, 6) is 0. The van der Waals surface area contributed by atoms with Gasteiger partial charge in [-0.25, -0.2) is 0 Å². The molecule has 0 radical (unpaired) electrons. The molecule has 2 N–H and O–H groups in total.